The standard InChI is InChI=1S/C16H19F2NO/c17-16(18)14-7-2-1-6-13(14)15(20)10-8-11-4-3-5-12(9-10)19-11/h1-2,6-7,10-12,16,19H,3-5,8-9H2. The average molecular weight is 279 g/mol. The fourth-order valence-corrected chi connectivity index (χ4v) is 3.61. The number of hydrogen-bond acceptors (Lipinski definition) is 2. The molecule has 0 amide bonds. The van der Waals surface area contributed by atoms with Crippen molar-refractivity contribution >= 4 is 5.78 Å². The number of Topliss-reactive ketones (excluding diaryl/α,β-unsaturated/α-hetero) is 1. The molecule has 20 heavy (non-hydrogen) atoms. The van der Waals surface area contributed by atoms with Crippen molar-refractivity contribution in [3.8, 4) is 0 Å². The highest BCUT2D eigenvalue weighted by Gasteiger charge is 2.35. The largest absolute Gasteiger partial charge is 0.311 e. The Bertz CT molecular complexity index is 491. The van der Waals surface area contributed by atoms with E-state index in [1.165, 1.54) is 12.5 Å². The number of alkyl halides is 2. The van der Waals surface area contributed by atoms with Crippen LogP contribution in [0, 0.1) is 5.92 Å². The van der Waals surface area contributed by atoms with Crippen LogP contribution in [0.2, 0.25) is 0 Å². The third kappa shape index (κ3) is 2.62. The fraction of sp³-hybridized carbons (Fsp3) is 0.562. The number of carbonyl (C=O) groups excluding carboxylic acids is 1. The van der Waals surface area contributed by atoms with Crippen LogP contribution in [-0.2, 0) is 0 Å². The zero-order valence-electron chi connectivity index (χ0n) is 11.3. The Morgan fingerprint density at radius 3 is 2.45 bits per heavy atom. The maximum absolute atomic E-state index is 13.0. The minimum Gasteiger partial charge on any atom is -0.311 e. The van der Waals surface area contributed by atoms with Crippen molar-refractivity contribution in [2.24, 2.45) is 5.92 Å². The molecule has 1 N–H and O–H groups in total. The van der Waals surface area contributed by atoms with Crippen molar-refractivity contribution in [2.45, 2.75) is 50.6 Å². The molecule has 2 heterocycles. The van der Waals surface area contributed by atoms with Crippen molar-refractivity contribution in [3.63, 3.8) is 0 Å². The SMILES string of the molecule is O=C(c1ccccc1C(F)F)C1CC2CCCC(C1)N2. The molecule has 108 valence electrons. The topological polar surface area (TPSA) is 29.1 Å². The minimum atomic E-state index is -2.59. The van der Waals surface area contributed by atoms with Crippen LogP contribution < -0.4 is 5.32 Å². The second-order valence-corrected chi connectivity index (χ2v) is 5.91. The van der Waals surface area contributed by atoms with Gasteiger partial charge >= 0.3 is 0 Å². The maximum Gasteiger partial charge on any atom is 0.264 e. The number of halogens is 2. The molecule has 2 nitrogen and oxygen atoms in total. The van der Waals surface area contributed by atoms with Crippen molar-refractivity contribution < 1.29 is 13.6 Å². The molecule has 2 unspecified atom stereocenters. The molecule has 2 aliphatic heterocycles. The summed E-state index contributed by atoms with van der Waals surface area (Å²) < 4.78 is 26.0. The zero-order chi connectivity index (χ0) is 14.1. The van der Waals surface area contributed by atoms with Crippen LogP contribution in [0.25, 0.3) is 0 Å². The summed E-state index contributed by atoms with van der Waals surface area (Å²) in [6.07, 6.45) is 2.38. The first-order chi connectivity index (χ1) is 9.65. The molecule has 2 bridgehead atoms. The van der Waals surface area contributed by atoms with Crippen molar-refractivity contribution in [1.29, 1.82) is 0 Å². The summed E-state index contributed by atoms with van der Waals surface area (Å²) in [5.41, 5.74) is 0.0914. The van der Waals surface area contributed by atoms with Crippen LogP contribution in [0.3, 0.4) is 0 Å². The molecule has 0 saturated carbocycles. The van der Waals surface area contributed by atoms with Gasteiger partial charge in [-0.2, -0.15) is 0 Å². The van der Waals surface area contributed by atoms with Gasteiger partial charge in [0.2, 0.25) is 0 Å². The van der Waals surface area contributed by atoms with Gasteiger partial charge < -0.3 is 5.32 Å². The van der Waals surface area contributed by atoms with E-state index in [0.717, 1.165) is 25.7 Å². The normalized spacial score (nSPS) is 29.4. The first-order valence-corrected chi connectivity index (χ1v) is 7.32. The van der Waals surface area contributed by atoms with Gasteiger partial charge in [0.05, 0.1) is 0 Å². The lowest BCUT2D eigenvalue weighted by Gasteiger charge is -2.39. The second-order valence-electron chi connectivity index (χ2n) is 5.91. The molecule has 4 heteroatoms. The summed E-state index contributed by atoms with van der Waals surface area (Å²) in [5.74, 6) is -0.203. The van der Waals surface area contributed by atoms with Gasteiger partial charge in [0, 0.05) is 29.1 Å². The van der Waals surface area contributed by atoms with Gasteiger partial charge in [-0.05, 0) is 25.7 Å². The van der Waals surface area contributed by atoms with Gasteiger partial charge in [-0.25, -0.2) is 8.78 Å². The van der Waals surface area contributed by atoms with E-state index in [2.05, 4.69) is 5.32 Å². The summed E-state index contributed by atoms with van der Waals surface area (Å²) in [5, 5.41) is 3.53. The minimum absolute atomic E-state index is 0.0979. The van der Waals surface area contributed by atoms with Gasteiger partial charge in [0.1, 0.15) is 0 Å². The number of benzene rings is 1. The summed E-state index contributed by atoms with van der Waals surface area (Å²) in [6.45, 7) is 0. The Morgan fingerprint density at radius 1 is 1.15 bits per heavy atom. The quantitative estimate of drug-likeness (QED) is 0.854. The lowest BCUT2D eigenvalue weighted by Crippen LogP contribution is -2.50. The third-order valence-corrected chi connectivity index (χ3v) is 4.55. The van der Waals surface area contributed by atoms with Crippen LogP contribution in [0.15, 0.2) is 24.3 Å². The smallest absolute Gasteiger partial charge is 0.264 e. The number of carbonyl (C=O) groups is 1. The lowest BCUT2D eigenvalue weighted by atomic mass is 9.77. The van der Waals surface area contributed by atoms with Crippen molar-refractivity contribution in [2.75, 3.05) is 0 Å². The van der Waals surface area contributed by atoms with E-state index in [-0.39, 0.29) is 22.8 Å². The van der Waals surface area contributed by atoms with Crippen LogP contribution >= 0.6 is 0 Å². The molecule has 0 aromatic heterocycles. The summed E-state index contributed by atoms with van der Waals surface area (Å²) >= 11 is 0. The van der Waals surface area contributed by atoms with E-state index in [9.17, 15) is 13.6 Å². The molecular formula is C16H19F2NO. The molecule has 0 radical (unpaired) electrons. The molecule has 0 aliphatic carbocycles. The number of fused-ring (bicyclic) bond motifs is 2. The molecule has 2 fully saturated rings. The molecule has 2 atom stereocenters. The molecule has 1 aromatic rings. The van der Waals surface area contributed by atoms with Gasteiger partial charge in [0.25, 0.3) is 6.43 Å². The first kappa shape index (κ1) is 13.7. The lowest BCUT2D eigenvalue weighted by molar-refractivity contribution is 0.0813. The zero-order valence-corrected chi connectivity index (χ0v) is 11.3. The van der Waals surface area contributed by atoms with Crippen LogP contribution in [0.5, 0.6) is 0 Å². The monoisotopic (exact) mass is 279 g/mol. The third-order valence-electron chi connectivity index (χ3n) is 4.55. The molecule has 2 aliphatic rings. The number of piperidine rings is 2. The molecule has 0 spiro atoms. The maximum atomic E-state index is 13.0. The Balaban J connectivity index is 1.82. The summed E-state index contributed by atoms with van der Waals surface area (Å²) in [4.78, 5) is 12.6. The molecule has 1 aromatic carbocycles. The van der Waals surface area contributed by atoms with E-state index >= 15 is 0 Å². The van der Waals surface area contributed by atoms with Gasteiger partial charge in [-0.15, -0.1) is 0 Å². The van der Waals surface area contributed by atoms with Crippen molar-refractivity contribution in [3.05, 3.63) is 35.4 Å². The number of hydrogen-bond donors (Lipinski definition) is 1. The Kier molecular flexibility index (Phi) is 3.83. The first-order valence-electron chi connectivity index (χ1n) is 7.32. The van der Waals surface area contributed by atoms with E-state index in [0.29, 0.717) is 12.1 Å². The van der Waals surface area contributed by atoms with E-state index in [1.807, 2.05) is 0 Å². The van der Waals surface area contributed by atoms with Gasteiger partial charge in [-0.3, -0.25) is 4.79 Å². The molecular weight excluding hydrogens is 260 g/mol. The molecule has 2 saturated heterocycles. The Hall–Kier alpha value is -1.29. The molecule has 3 rings (SSSR count). The van der Waals surface area contributed by atoms with Crippen LogP contribution in [0.4, 0.5) is 8.78 Å². The van der Waals surface area contributed by atoms with E-state index < -0.39 is 6.43 Å². The van der Waals surface area contributed by atoms with E-state index in [1.54, 1.807) is 18.2 Å². The number of ketones is 1. The number of rotatable bonds is 3. The summed E-state index contributed by atoms with van der Waals surface area (Å²) in [6, 6.07) is 6.91. The highest BCUT2D eigenvalue weighted by molar-refractivity contribution is 5.99. The van der Waals surface area contributed by atoms with Crippen molar-refractivity contribution in [1.82, 2.24) is 5.32 Å². The van der Waals surface area contributed by atoms with Gasteiger partial charge in [0.15, 0.2) is 5.78 Å². The Labute approximate surface area is 117 Å². The predicted octanol–water partition coefficient (Wildman–Crippen LogP) is 3.73. The highest BCUT2D eigenvalue weighted by atomic mass is 19.3. The summed E-state index contributed by atoms with van der Waals surface area (Å²) in [7, 11) is 0. The predicted molar refractivity (Wildman–Crippen MR) is 73.0 cm³/mol. The average Bonchev–Trinajstić information content (AvgIpc) is 2.46. The second kappa shape index (κ2) is 5.60. The van der Waals surface area contributed by atoms with Crippen LogP contribution in [-0.4, -0.2) is 17.9 Å². The van der Waals surface area contributed by atoms with Crippen LogP contribution in [0.1, 0.15) is 54.5 Å². The Morgan fingerprint density at radius 2 is 1.80 bits per heavy atom. The van der Waals surface area contributed by atoms with E-state index in [4.69, 9.17) is 0 Å². The fourth-order valence-electron chi connectivity index (χ4n) is 3.61. The highest BCUT2D eigenvalue weighted by Crippen LogP contribution is 2.33. The van der Waals surface area contributed by atoms with Gasteiger partial charge in [-0.1, -0.05) is 30.7 Å². The number of nitrogens with one attached hydrogen (secondary N) is 1.